The number of ether oxygens (including phenoxy) is 2. The monoisotopic (exact) mass is 450 g/mol. The first-order valence-electron chi connectivity index (χ1n) is 11.8. The van der Waals surface area contributed by atoms with Gasteiger partial charge in [0, 0.05) is 54.5 Å². The highest BCUT2D eigenvalue weighted by atomic mass is 16.5. The summed E-state index contributed by atoms with van der Waals surface area (Å²) in [5.74, 6) is 1.49. The molecule has 1 saturated carbocycles. The van der Waals surface area contributed by atoms with Gasteiger partial charge in [0.1, 0.15) is 18.1 Å². The molecule has 0 saturated heterocycles. The highest BCUT2D eigenvalue weighted by Crippen LogP contribution is 2.46. The van der Waals surface area contributed by atoms with E-state index in [1.807, 2.05) is 50.3 Å². The topological polar surface area (TPSA) is 42.0 Å². The molecule has 1 amide bonds. The fourth-order valence-corrected chi connectivity index (χ4v) is 4.48. The number of hydrogen-bond acceptors (Lipinski definition) is 4. The van der Waals surface area contributed by atoms with Crippen molar-refractivity contribution in [1.29, 1.82) is 0 Å². The van der Waals surface area contributed by atoms with Crippen LogP contribution in [0.2, 0.25) is 0 Å². The van der Waals surface area contributed by atoms with Gasteiger partial charge < -0.3 is 19.3 Å². The van der Waals surface area contributed by atoms with E-state index in [4.69, 9.17) is 9.47 Å². The summed E-state index contributed by atoms with van der Waals surface area (Å²) < 4.78 is 11.7. The van der Waals surface area contributed by atoms with Gasteiger partial charge in [-0.1, -0.05) is 27.0 Å². The van der Waals surface area contributed by atoms with Crippen molar-refractivity contribution in [3.05, 3.63) is 59.8 Å². The standard InChI is InChI=1S/C28H38N2O3/c1-9-14-30(28(10-2)12-13-28)27(31)21(5)24-18-33-26-17-25(32-8)22(16-23(26)20(24)4)19(3)11-15-29(6)7/h11,15-17H,3,5,9-10,12-14,18H2,1-2,4,6-8H3/b15-11-. The first-order valence-corrected chi connectivity index (χ1v) is 11.8. The van der Waals surface area contributed by atoms with Crippen molar-refractivity contribution < 1.29 is 14.3 Å². The average Bonchev–Trinajstić information content (AvgIpc) is 3.60. The zero-order valence-corrected chi connectivity index (χ0v) is 21.1. The molecule has 1 aromatic carbocycles. The molecule has 0 N–H and O–H groups in total. The van der Waals surface area contributed by atoms with Gasteiger partial charge in [-0.05, 0) is 62.1 Å². The van der Waals surface area contributed by atoms with Crippen molar-refractivity contribution in [3.63, 3.8) is 0 Å². The summed E-state index contributed by atoms with van der Waals surface area (Å²) in [5, 5.41) is 0. The van der Waals surface area contributed by atoms with E-state index in [0.29, 0.717) is 17.9 Å². The van der Waals surface area contributed by atoms with E-state index >= 15 is 0 Å². The normalized spacial score (nSPS) is 16.2. The number of benzene rings is 1. The van der Waals surface area contributed by atoms with E-state index in [1.165, 1.54) is 0 Å². The van der Waals surface area contributed by atoms with Crippen LogP contribution < -0.4 is 9.47 Å². The molecule has 1 aliphatic heterocycles. The second-order valence-corrected chi connectivity index (χ2v) is 9.26. The van der Waals surface area contributed by atoms with Gasteiger partial charge >= 0.3 is 0 Å². The largest absolute Gasteiger partial charge is 0.496 e. The lowest BCUT2D eigenvalue weighted by Crippen LogP contribution is -2.43. The predicted molar refractivity (Wildman–Crippen MR) is 136 cm³/mol. The van der Waals surface area contributed by atoms with Crippen LogP contribution >= 0.6 is 0 Å². The summed E-state index contributed by atoms with van der Waals surface area (Å²) >= 11 is 0. The third kappa shape index (κ3) is 4.87. The van der Waals surface area contributed by atoms with E-state index < -0.39 is 0 Å². The third-order valence-corrected chi connectivity index (χ3v) is 6.82. The van der Waals surface area contributed by atoms with Gasteiger partial charge in [0.25, 0.3) is 5.91 Å². The maximum atomic E-state index is 13.5. The summed E-state index contributed by atoms with van der Waals surface area (Å²) in [6.45, 7) is 15.9. The van der Waals surface area contributed by atoms with Crippen LogP contribution in [0.4, 0.5) is 0 Å². The van der Waals surface area contributed by atoms with Gasteiger partial charge in [-0.15, -0.1) is 0 Å². The smallest absolute Gasteiger partial charge is 0.254 e. The van der Waals surface area contributed by atoms with Crippen LogP contribution in [0, 0.1) is 0 Å². The molecule has 33 heavy (non-hydrogen) atoms. The Morgan fingerprint density at radius 1 is 1.24 bits per heavy atom. The van der Waals surface area contributed by atoms with Gasteiger partial charge in [-0.3, -0.25) is 4.79 Å². The molecule has 178 valence electrons. The third-order valence-electron chi connectivity index (χ3n) is 6.82. The van der Waals surface area contributed by atoms with Crippen LogP contribution in [-0.2, 0) is 4.79 Å². The molecule has 0 atom stereocenters. The first-order chi connectivity index (χ1) is 15.7. The Balaban J connectivity index is 1.98. The lowest BCUT2D eigenvalue weighted by molar-refractivity contribution is -0.130. The summed E-state index contributed by atoms with van der Waals surface area (Å²) in [6, 6.07) is 3.95. The molecular formula is C28H38N2O3. The van der Waals surface area contributed by atoms with Crippen LogP contribution in [-0.4, -0.2) is 55.6 Å². The number of rotatable bonds is 10. The Labute approximate surface area is 199 Å². The number of carbonyl (C=O) groups excluding carboxylic acids is 1. The summed E-state index contributed by atoms with van der Waals surface area (Å²) in [4.78, 5) is 17.6. The van der Waals surface area contributed by atoms with E-state index in [9.17, 15) is 4.79 Å². The fourth-order valence-electron chi connectivity index (χ4n) is 4.48. The summed E-state index contributed by atoms with van der Waals surface area (Å²) in [5.41, 5.74) is 5.10. The lowest BCUT2D eigenvalue weighted by atomic mass is 9.90. The summed E-state index contributed by atoms with van der Waals surface area (Å²) in [7, 11) is 5.58. The van der Waals surface area contributed by atoms with Crippen molar-refractivity contribution in [2.75, 3.05) is 34.4 Å². The number of methoxy groups -OCH3 is 1. The van der Waals surface area contributed by atoms with Crippen molar-refractivity contribution >= 4 is 17.1 Å². The molecule has 3 rings (SSSR count). The van der Waals surface area contributed by atoms with Crippen molar-refractivity contribution in [3.8, 4) is 11.5 Å². The number of nitrogens with zero attached hydrogens (tertiary/aromatic N) is 2. The first kappa shape index (κ1) is 24.7. The SMILES string of the molecule is C=C(C(=O)N(CCC)C1(CC)CC1)C1=C(C)c2cc(C(=C)/C=C\N(C)C)c(OC)cc2OC1. The van der Waals surface area contributed by atoms with E-state index in [-0.39, 0.29) is 11.4 Å². The van der Waals surface area contributed by atoms with E-state index in [0.717, 1.165) is 65.8 Å². The zero-order chi connectivity index (χ0) is 24.3. The maximum absolute atomic E-state index is 13.5. The quantitative estimate of drug-likeness (QED) is 0.339. The van der Waals surface area contributed by atoms with Crippen LogP contribution in [0.5, 0.6) is 11.5 Å². The second-order valence-electron chi connectivity index (χ2n) is 9.26. The molecule has 2 aliphatic rings. The van der Waals surface area contributed by atoms with Crippen molar-refractivity contribution in [2.45, 2.75) is 52.0 Å². The number of hydrogen-bond donors (Lipinski definition) is 0. The Kier molecular flexibility index (Phi) is 7.41. The minimum atomic E-state index is 0.00891. The van der Waals surface area contributed by atoms with Crippen molar-refractivity contribution in [1.82, 2.24) is 9.80 Å². The predicted octanol–water partition coefficient (Wildman–Crippen LogP) is 5.69. The van der Waals surface area contributed by atoms with Crippen LogP contribution in [0.3, 0.4) is 0 Å². The minimum Gasteiger partial charge on any atom is -0.496 e. The van der Waals surface area contributed by atoms with E-state index in [2.05, 4.69) is 31.9 Å². The highest BCUT2D eigenvalue weighted by molar-refractivity contribution is 6.01. The van der Waals surface area contributed by atoms with Crippen LogP contribution in [0.1, 0.15) is 57.6 Å². The van der Waals surface area contributed by atoms with Gasteiger partial charge in [-0.25, -0.2) is 0 Å². The van der Waals surface area contributed by atoms with Crippen molar-refractivity contribution in [2.24, 2.45) is 0 Å². The fraction of sp³-hybridized carbons (Fsp3) is 0.464. The molecular weight excluding hydrogens is 412 g/mol. The summed E-state index contributed by atoms with van der Waals surface area (Å²) in [6.07, 6.45) is 7.98. The number of carbonyl (C=O) groups is 1. The Hall–Kier alpha value is -2.95. The molecule has 1 heterocycles. The molecule has 0 spiro atoms. The molecule has 0 radical (unpaired) electrons. The van der Waals surface area contributed by atoms with Crippen LogP contribution in [0.25, 0.3) is 11.1 Å². The van der Waals surface area contributed by atoms with Gasteiger partial charge in [0.15, 0.2) is 0 Å². The molecule has 5 nitrogen and oxygen atoms in total. The molecule has 1 fully saturated rings. The molecule has 0 bridgehead atoms. The molecule has 5 heteroatoms. The number of allylic oxidation sites excluding steroid dienone is 3. The lowest BCUT2D eigenvalue weighted by Gasteiger charge is -2.33. The van der Waals surface area contributed by atoms with Gasteiger partial charge in [0.05, 0.1) is 7.11 Å². The number of amides is 1. The Morgan fingerprint density at radius 2 is 1.94 bits per heavy atom. The second kappa shape index (κ2) is 9.90. The molecule has 0 unspecified atom stereocenters. The van der Waals surface area contributed by atoms with Crippen LogP contribution in [0.15, 0.2) is 48.7 Å². The minimum absolute atomic E-state index is 0.00891. The molecule has 1 aromatic rings. The Bertz CT molecular complexity index is 1010. The Morgan fingerprint density at radius 3 is 2.48 bits per heavy atom. The molecule has 0 aromatic heterocycles. The van der Waals surface area contributed by atoms with Gasteiger partial charge in [-0.2, -0.15) is 0 Å². The van der Waals surface area contributed by atoms with E-state index in [1.54, 1.807) is 7.11 Å². The highest BCUT2D eigenvalue weighted by Gasteiger charge is 2.48. The maximum Gasteiger partial charge on any atom is 0.254 e. The van der Waals surface area contributed by atoms with Gasteiger partial charge in [0.2, 0.25) is 0 Å². The molecule has 1 aliphatic carbocycles. The number of fused-ring (bicyclic) bond motifs is 1. The average molecular weight is 451 g/mol. The zero-order valence-electron chi connectivity index (χ0n) is 21.1.